The van der Waals surface area contributed by atoms with Crippen LogP contribution in [0.1, 0.15) is 15.9 Å². The SMILES string of the molecule is Cc1ccc(C(=O)Nc2nn[nH]n2)cc1S(=O)(=O)N1CCOCC1. The average molecular weight is 352 g/mol. The predicted octanol–water partition coefficient (Wildman–Crippen LogP) is -0.219. The maximum absolute atomic E-state index is 12.8. The first-order valence-corrected chi connectivity index (χ1v) is 8.66. The molecule has 2 heterocycles. The largest absolute Gasteiger partial charge is 0.379 e. The summed E-state index contributed by atoms with van der Waals surface area (Å²) in [6, 6.07) is 4.50. The Kier molecular flexibility index (Phi) is 4.55. The van der Waals surface area contributed by atoms with Crippen LogP contribution in [0.2, 0.25) is 0 Å². The summed E-state index contributed by atoms with van der Waals surface area (Å²) in [6.07, 6.45) is 0. The minimum absolute atomic E-state index is 0.0122. The third-order valence-electron chi connectivity index (χ3n) is 3.61. The van der Waals surface area contributed by atoms with Gasteiger partial charge in [0.05, 0.1) is 18.1 Å². The smallest absolute Gasteiger partial charge is 0.270 e. The Hall–Kier alpha value is -2.37. The van der Waals surface area contributed by atoms with Crippen molar-refractivity contribution in [2.45, 2.75) is 11.8 Å². The van der Waals surface area contributed by atoms with Crippen LogP contribution >= 0.6 is 0 Å². The summed E-state index contributed by atoms with van der Waals surface area (Å²) in [5, 5.41) is 15.2. The first-order valence-electron chi connectivity index (χ1n) is 7.22. The number of benzene rings is 1. The molecule has 1 fully saturated rings. The van der Waals surface area contributed by atoms with Crippen molar-refractivity contribution in [2.75, 3.05) is 31.6 Å². The van der Waals surface area contributed by atoms with E-state index in [1.165, 1.54) is 10.4 Å². The monoisotopic (exact) mass is 352 g/mol. The van der Waals surface area contributed by atoms with Crippen molar-refractivity contribution < 1.29 is 17.9 Å². The number of hydrogen-bond acceptors (Lipinski definition) is 7. The van der Waals surface area contributed by atoms with Crippen LogP contribution in [0.15, 0.2) is 23.1 Å². The number of tetrazole rings is 1. The Bertz CT molecular complexity index is 830. The summed E-state index contributed by atoms with van der Waals surface area (Å²) >= 11 is 0. The molecule has 2 N–H and O–H groups in total. The molecule has 1 saturated heterocycles. The van der Waals surface area contributed by atoms with E-state index in [1.54, 1.807) is 19.1 Å². The maximum atomic E-state index is 12.8. The van der Waals surface area contributed by atoms with Gasteiger partial charge in [0.2, 0.25) is 10.0 Å². The van der Waals surface area contributed by atoms with Gasteiger partial charge in [-0.05, 0) is 29.8 Å². The first kappa shape index (κ1) is 16.5. The Morgan fingerprint density at radius 2 is 2.08 bits per heavy atom. The van der Waals surface area contributed by atoms with E-state index >= 15 is 0 Å². The van der Waals surface area contributed by atoms with Crippen molar-refractivity contribution in [2.24, 2.45) is 0 Å². The molecular formula is C13H16N6O4S. The minimum Gasteiger partial charge on any atom is -0.379 e. The quantitative estimate of drug-likeness (QED) is 0.778. The molecule has 128 valence electrons. The van der Waals surface area contributed by atoms with Crippen LogP contribution in [0.3, 0.4) is 0 Å². The maximum Gasteiger partial charge on any atom is 0.270 e. The third kappa shape index (κ3) is 3.27. The highest BCUT2D eigenvalue weighted by atomic mass is 32.2. The lowest BCUT2D eigenvalue weighted by atomic mass is 10.1. The highest BCUT2D eigenvalue weighted by Gasteiger charge is 2.28. The lowest BCUT2D eigenvalue weighted by molar-refractivity contribution is 0.0730. The Balaban J connectivity index is 1.89. The molecule has 1 aliphatic heterocycles. The normalized spacial score (nSPS) is 16.0. The van der Waals surface area contributed by atoms with E-state index in [1.807, 2.05) is 0 Å². The zero-order chi connectivity index (χ0) is 17.2. The average Bonchev–Trinajstić information content (AvgIpc) is 3.09. The fourth-order valence-corrected chi connectivity index (χ4v) is 3.99. The van der Waals surface area contributed by atoms with Gasteiger partial charge in [0.1, 0.15) is 0 Å². The first-order chi connectivity index (χ1) is 11.5. The van der Waals surface area contributed by atoms with Gasteiger partial charge in [-0.1, -0.05) is 11.2 Å². The van der Waals surface area contributed by atoms with E-state index in [2.05, 4.69) is 25.9 Å². The number of ether oxygens (including phenoxy) is 1. The summed E-state index contributed by atoms with van der Waals surface area (Å²) in [4.78, 5) is 12.3. The molecule has 0 bridgehead atoms. The zero-order valence-electron chi connectivity index (χ0n) is 12.9. The number of carbonyl (C=O) groups is 1. The van der Waals surface area contributed by atoms with Crippen LogP contribution in [0.4, 0.5) is 5.95 Å². The number of amides is 1. The van der Waals surface area contributed by atoms with Crippen LogP contribution in [0.5, 0.6) is 0 Å². The molecule has 2 aromatic rings. The van der Waals surface area contributed by atoms with Gasteiger partial charge in [-0.3, -0.25) is 10.1 Å². The van der Waals surface area contributed by atoms with Gasteiger partial charge in [-0.2, -0.15) is 9.52 Å². The van der Waals surface area contributed by atoms with E-state index in [0.29, 0.717) is 31.9 Å². The number of nitrogens with zero attached hydrogens (tertiary/aromatic N) is 4. The number of aryl methyl sites for hydroxylation is 1. The van der Waals surface area contributed by atoms with Crippen molar-refractivity contribution in [3.05, 3.63) is 29.3 Å². The van der Waals surface area contributed by atoms with Crippen molar-refractivity contribution in [1.29, 1.82) is 0 Å². The number of H-pyrrole nitrogens is 1. The van der Waals surface area contributed by atoms with Crippen LogP contribution in [0.25, 0.3) is 0 Å². The number of aromatic nitrogens is 4. The van der Waals surface area contributed by atoms with Crippen molar-refractivity contribution in [3.63, 3.8) is 0 Å². The van der Waals surface area contributed by atoms with Gasteiger partial charge in [-0.15, -0.1) is 5.10 Å². The molecule has 0 saturated carbocycles. The van der Waals surface area contributed by atoms with E-state index in [-0.39, 0.29) is 16.4 Å². The number of sulfonamides is 1. The Labute approximate surface area is 138 Å². The number of morpholine rings is 1. The summed E-state index contributed by atoms with van der Waals surface area (Å²) in [6.45, 7) is 2.99. The standard InChI is InChI=1S/C13H16N6O4S/c1-9-2-3-10(12(20)14-13-15-17-18-16-13)8-11(9)24(21,22)19-4-6-23-7-5-19/h2-3,8H,4-7H2,1H3,(H2,14,15,16,17,18,20). The second-order valence-corrected chi connectivity index (χ2v) is 7.09. The van der Waals surface area contributed by atoms with Crippen molar-refractivity contribution in [3.8, 4) is 0 Å². The number of carbonyl (C=O) groups excluding carboxylic acids is 1. The summed E-state index contributed by atoms with van der Waals surface area (Å²) in [5.41, 5.74) is 0.759. The summed E-state index contributed by atoms with van der Waals surface area (Å²) in [5.74, 6) is -0.506. The molecule has 0 atom stereocenters. The van der Waals surface area contributed by atoms with Gasteiger partial charge in [0, 0.05) is 18.7 Å². The Morgan fingerprint density at radius 1 is 1.33 bits per heavy atom. The molecule has 1 aromatic carbocycles. The van der Waals surface area contributed by atoms with Crippen LogP contribution in [0, 0.1) is 6.92 Å². The Morgan fingerprint density at radius 3 is 2.75 bits per heavy atom. The van der Waals surface area contributed by atoms with E-state index in [9.17, 15) is 13.2 Å². The second kappa shape index (κ2) is 6.63. The molecule has 0 spiro atoms. The number of aromatic amines is 1. The number of nitrogens with one attached hydrogen (secondary N) is 2. The molecule has 0 aliphatic carbocycles. The molecule has 0 unspecified atom stereocenters. The summed E-state index contributed by atoms with van der Waals surface area (Å²) < 4.78 is 32.1. The third-order valence-corrected chi connectivity index (χ3v) is 5.65. The topological polar surface area (TPSA) is 130 Å². The molecule has 1 aliphatic rings. The molecule has 3 rings (SSSR count). The molecule has 1 amide bonds. The van der Waals surface area contributed by atoms with Crippen molar-refractivity contribution in [1.82, 2.24) is 24.9 Å². The highest BCUT2D eigenvalue weighted by molar-refractivity contribution is 7.89. The predicted molar refractivity (Wildman–Crippen MR) is 82.9 cm³/mol. The van der Waals surface area contributed by atoms with Gasteiger partial charge >= 0.3 is 0 Å². The molecule has 11 heteroatoms. The fraction of sp³-hybridized carbons (Fsp3) is 0.385. The van der Waals surface area contributed by atoms with Crippen molar-refractivity contribution >= 4 is 21.9 Å². The number of rotatable bonds is 4. The second-order valence-electron chi connectivity index (χ2n) is 5.19. The lowest BCUT2D eigenvalue weighted by Crippen LogP contribution is -2.40. The lowest BCUT2D eigenvalue weighted by Gasteiger charge is -2.26. The van der Waals surface area contributed by atoms with E-state index in [4.69, 9.17) is 4.74 Å². The zero-order valence-corrected chi connectivity index (χ0v) is 13.7. The van der Waals surface area contributed by atoms with Gasteiger partial charge in [0.25, 0.3) is 11.9 Å². The molecule has 0 radical (unpaired) electrons. The van der Waals surface area contributed by atoms with Gasteiger partial charge in [-0.25, -0.2) is 8.42 Å². The van der Waals surface area contributed by atoms with E-state index in [0.717, 1.165) is 0 Å². The number of anilines is 1. The number of hydrogen-bond donors (Lipinski definition) is 2. The molecule has 10 nitrogen and oxygen atoms in total. The van der Waals surface area contributed by atoms with E-state index < -0.39 is 15.9 Å². The molecule has 1 aromatic heterocycles. The fourth-order valence-electron chi connectivity index (χ4n) is 2.33. The minimum atomic E-state index is -3.69. The highest BCUT2D eigenvalue weighted by Crippen LogP contribution is 2.22. The van der Waals surface area contributed by atoms with Crippen LogP contribution in [-0.4, -0.2) is 65.6 Å². The van der Waals surface area contributed by atoms with Gasteiger partial charge in [0.15, 0.2) is 0 Å². The summed E-state index contributed by atoms with van der Waals surface area (Å²) in [7, 11) is -3.69. The van der Waals surface area contributed by atoms with Crippen LogP contribution < -0.4 is 5.32 Å². The molecule has 24 heavy (non-hydrogen) atoms. The molecular weight excluding hydrogens is 336 g/mol. The van der Waals surface area contributed by atoms with Gasteiger partial charge < -0.3 is 4.74 Å². The van der Waals surface area contributed by atoms with Crippen LogP contribution in [-0.2, 0) is 14.8 Å².